The summed E-state index contributed by atoms with van der Waals surface area (Å²) in [4.78, 5) is 5.14. The van der Waals surface area contributed by atoms with Crippen LogP contribution < -0.4 is 9.80 Å². The summed E-state index contributed by atoms with van der Waals surface area (Å²) in [6.45, 7) is 0. The molecule has 0 N–H and O–H groups in total. The molecular weight excluding hydrogens is 997 g/mol. The first-order valence-corrected chi connectivity index (χ1v) is 30.2. The molecule has 0 amide bonds. The summed E-state index contributed by atoms with van der Waals surface area (Å²) in [7, 11) is 0. The van der Waals surface area contributed by atoms with Crippen molar-refractivity contribution in [1.82, 2.24) is 0 Å². The number of benzene rings is 11. The zero-order valence-electron chi connectivity index (χ0n) is 46.3. The molecule has 11 aromatic carbocycles. The molecule has 16 rings (SSSR count). The van der Waals surface area contributed by atoms with Gasteiger partial charge in [0.1, 0.15) is 22.3 Å². The summed E-state index contributed by atoms with van der Waals surface area (Å²) >= 11 is 0. The zero-order valence-corrected chi connectivity index (χ0v) is 46.3. The lowest BCUT2D eigenvalue weighted by molar-refractivity contribution is 0.444. The molecule has 2 saturated carbocycles. The lowest BCUT2D eigenvalue weighted by Crippen LogP contribution is -2.18. The number of allylic oxidation sites excluding steroid dienone is 4. The maximum Gasteiger partial charge on any atom is 0.143 e. The summed E-state index contributed by atoms with van der Waals surface area (Å²) in [6, 6.07) is 79.6. The van der Waals surface area contributed by atoms with E-state index in [1.54, 1.807) is 0 Å². The van der Waals surface area contributed by atoms with Crippen LogP contribution in [0.5, 0.6) is 0 Å². The molecule has 82 heavy (non-hydrogen) atoms. The molecule has 2 aromatic heterocycles. The van der Waals surface area contributed by atoms with E-state index in [0.29, 0.717) is 11.8 Å². The standard InChI is InChI=1S/C78H64N2O2/c1-5-21-51(22-6-1)53-41-43-63-69-50-74(80(58-29-11-4-12-30-58)60-32-18-26-56(46-60)62-36-20-38-68-66-34-14-16-40-76(66)82-78(62)68)72-48-54(52-23-7-2-8-24-52)42-44-64(72)70(69)49-73(71(63)47-53)79(57-27-9-3-10-28-57)59-31-17-25-55(45-59)61-35-19-37-67-65-33-13-15-39-75(65)81-77(61)67/h3-4,9-11,13-20,25-29,31-52H,1-2,5-8,12,21-24,30H2. The zero-order chi connectivity index (χ0) is 54.1. The molecule has 2 heterocycles. The molecule has 0 atom stereocenters. The van der Waals surface area contributed by atoms with Crippen molar-refractivity contribution >= 4 is 105 Å². The average Bonchev–Trinajstić information content (AvgIpc) is 3.24. The number of para-hydroxylation sites is 5. The Kier molecular flexibility index (Phi) is 12.2. The largest absolute Gasteiger partial charge is 0.455 e. The fourth-order valence-corrected chi connectivity index (χ4v) is 14.6. The van der Waals surface area contributed by atoms with Crippen LogP contribution in [0.2, 0.25) is 0 Å². The normalized spacial score (nSPS) is 15.4. The van der Waals surface area contributed by atoms with E-state index in [2.05, 4.69) is 240 Å². The van der Waals surface area contributed by atoms with Crippen molar-refractivity contribution in [1.29, 1.82) is 0 Å². The summed E-state index contributed by atoms with van der Waals surface area (Å²) in [5.41, 5.74) is 18.1. The Morgan fingerprint density at radius 3 is 1.35 bits per heavy atom. The van der Waals surface area contributed by atoms with Gasteiger partial charge in [0.15, 0.2) is 0 Å². The Morgan fingerprint density at radius 2 is 0.817 bits per heavy atom. The SMILES string of the molecule is C1=CCCC(N(c2cccc(-c3cccc4c3oc3ccccc34)c2)c2cc3c4ccc(C5CCCCC5)cc4c(N(c4ccccc4)c4cccc(-c5cccc6c5oc5ccccc56)c4)cc3c3ccc(C4CCCCC4)cc23)=C1. The monoisotopic (exact) mass is 1060 g/mol. The number of nitrogens with zero attached hydrogens (tertiary/aromatic N) is 2. The minimum atomic E-state index is 0.532. The van der Waals surface area contributed by atoms with Crippen molar-refractivity contribution in [2.45, 2.75) is 88.9 Å². The van der Waals surface area contributed by atoms with Crippen LogP contribution in [-0.4, -0.2) is 0 Å². The van der Waals surface area contributed by atoms with E-state index in [1.165, 1.54) is 125 Å². The highest BCUT2D eigenvalue weighted by molar-refractivity contribution is 6.25. The first kappa shape index (κ1) is 48.8. The highest BCUT2D eigenvalue weighted by Crippen LogP contribution is 2.51. The second-order valence-corrected chi connectivity index (χ2v) is 23.5. The van der Waals surface area contributed by atoms with Gasteiger partial charge in [-0.1, -0.05) is 190 Å². The average molecular weight is 1060 g/mol. The van der Waals surface area contributed by atoms with Crippen LogP contribution >= 0.6 is 0 Å². The van der Waals surface area contributed by atoms with Gasteiger partial charge < -0.3 is 18.6 Å². The van der Waals surface area contributed by atoms with E-state index in [4.69, 9.17) is 8.83 Å². The first-order valence-electron chi connectivity index (χ1n) is 30.2. The van der Waals surface area contributed by atoms with E-state index in [9.17, 15) is 0 Å². The van der Waals surface area contributed by atoms with E-state index in [-0.39, 0.29) is 0 Å². The molecule has 0 unspecified atom stereocenters. The number of anilines is 5. The lowest BCUT2D eigenvalue weighted by atomic mass is 9.82. The quantitative estimate of drug-likeness (QED) is 0.128. The minimum Gasteiger partial charge on any atom is -0.455 e. The number of furan rings is 2. The molecule has 0 aliphatic heterocycles. The number of hydrogen-bond donors (Lipinski definition) is 0. The van der Waals surface area contributed by atoms with Crippen molar-refractivity contribution in [3.05, 3.63) is 247 Å². The van der Waals surface area contributed by atoms with Gasteiger partial charge in [0.2, 0.25) is 0 Å². The van der Waals surface area contributed by atoms with Gasteiger partial charge in [0.05, 0.1) is 11.4 Å². The van der Waals surface area contributed by atoms with Gasteiger partial charge in [-0.25, -0.2) is 0 Å². The van der Waals surface area contributed by atoms with Gasteiger partial charge in [-0.2, -0.15) is 0 Å². The van der Waals surface area contributed by atoms with Gasteiger partial charge >= 0.3 is 0 Å². The summed E-state index contributed by atoms with van der Waals surface area (Å²) in [5.74, 6) is 1.07. The Balaban J connectivity index is 0.952. The molecule has 398 valence electrons. The topological polar surface area (TPSA) is 32.8 Å². The van der Waals surface area contributed by atoms with E-state index < -0.39 is 0 Å². The van der Waals surface area contributed by atoms with Gasteiger partial charge in [-0.15, -0.1) is 0 Å². The fourth-order valence-electron chi connectivity index (χ4n) is 14.6. The highest BCUT2D eigenvalue weighted by Gasteiger charge is 2.27. The van der Waals surface area contributed by atoms with Crippen LogP contribution in [0.4, 0.5) is 28.4 Å². The van der Waals surface area contributed by atoms with Crippen LogP contribution in [0.3, 0.4) is 0 Å². The van der Waals surface area contributed by atoms with Crippen LogP contribution in [0.25, 0.3) is 98.4 Å². The fraction of sp³-hybridized carbons (Fsp3) is 0.179. The maximum absolute atomic E-state index is 6.70. The minimum absolute atomic E-state index is 0.532. The third-order valence-electron chi connectivity index (χ3n) is 18.6. The second-order valence-electron chi connectivity index (χ2n) is 23.5. The van der Waals surface area contributed by atoms with E-state index in [1.807, 2.05) is 0 Å². The van der Waals surface area contributed by atoms with Crippen molar-refractivity contribution < 1.29 is 8.83 Å². The van der Waals surface area contributed by atoms with Crippen LogP contribution in [0.1, 0.15) is 100 Å². The molecule has 4 nitrogen and oxygen atoms in total. The number of rotatable bonds is 10. The third kappa shape index (κ3) is 8.41. The Hall–Kier alpha value is -9.12. The van der Waals surface area contributed by atoms with E-state index >= 15 is 0 Å². The molecule has 3 aliphatic rings. The van der Waals surface area contributed by atoms with E-state index in [0.717, 1.165) is 96.0 Å². The number of fused-ring (bicyclic) bond motifs is 11. The smallest absolute Gasteiger partial charge is 0.143 e. The molecule has 13 aromatic rings. The van der Waals surface area contributed by atoms with Crippen LogP contribution in [-0.2, 0) is 0 Å². The lowest BCUT2D eigenvalue weighted by Gasteiger charge is -2.32. The van der Waals surface area contributed by atoms with Crippen LogP contribution in [0, 0.1) is 0 Å². The van der Waals surface area contributed by atoms with Crippen LogP contribution in [0.15, 0.2) is 245 Å². The molecular formula is C78H64N2O2. The summed E-state index contributed by atoms with van der Waals surface area (Å²) in [6.07, 6.45) is 21.5. The first-order chi connectivity index (χ1) is 40.7. The molecule has 0 saturated heterocycles. The molecule has 2 fully saturated rings. The summed E-state index contributed by atoms with van der Waals surface area (Å²) in [5, 5.41) is 12.2. The molecule has 0 spiro atoms. The Morgan fingerprint density at radius 1 is 0.341 bits per heavy atom. The van der Waals surface area contributed by atoms with Crippen molar-refractivity contribution in [2.24, 2.45) is 0 Å². The predicted molar refractivity (Wildman–Crippen MR) is 346 cm³/mol. The van der Waals surface area contributed by atoms with Gasteiger partial charge in [0.25, 0.3) is 0 Å². The third-order valence-corrected chi connectivity index (χ3v) is 18.6. The maximum atomic E-state index is 6.70. The van der Waals surface area contributed by atoms with Gasteiger partial charge in [0, 0.05) is 66.2 Å². The molecule has 0 bridgehead atoms. The Labute approximate surface area is 479 Å². The van der Waals surface area contributed by atoms with Gasteiger partial charge in [-0.3, -0.25) is 0 Å². The van der Waals surface area contributed by atoms with Crippen molar-refractivity contribution in [3.63, 3.8) is 0 Å². The van der Waals surface area contributed by atoms with Crippen molar-refractivity contribution in [3.8, 4) is 22.3 Å². The predicted octanol–water partition coefficient (Wildman–Crippen LogP) is 23.2. The molecule has 3 aliphatic carbocycles. The molecule has 0 radical (unpaired) electrons. The summed E-state index contributed by atoms with van der Waals surface area (Å²) < 4.78 is 13.4. The second kappa shape index (κ2) is 20.5. The Bertz CT molecular complexity index is 4680. The van der Waals surface area contributed by atoms with Crippen molar-refractivity contribution in [2.75, 3.05) is 9.80 Å². The number of hydrogen-bond acceptors (Lipinski definition) is 4. The molecule has 4 heteroatoms. The van der Waals surface area contributed by atoms with Gasteiger partial charge in [-0.05, 0) is 173 Å². The highest BCUT2D eigenvalue weighted by atomic mass is 16.3.